The van der Waals surface area contributed by atoms with Gasteiger partial charge in [-0.05, 0) is 50.2 Å². The summed E-state index contributed by atoms with van der Waals surface area (Å²) in [5.41, 5.74) is 1.85. The molecule has 0 aliphatic heterocycles. The molecule has 0 atom stereocenters. The van der Waals surface area contributed by atoms with Gasteiger partial charge in [-0.1, -0.05) is 0 Å². The smallest absolute Gasteiger partial charge is 0.219 e. The van der Waals surface area contributed by atoms with E-state index in [2.05, 4.69) is 24.1 Å². The van der Waals surface area contributed by atoms with Crippen LogP contribution in [0.3, 0.4) is 0 Å². The molecule has 130 valence electrons. The number of nitrogens with one attached hydrogen (secondary N) is 1. The van der Waals surface area contributed by atoms with Crippen LogP contribution < -0.4 is 19.5 Å². The minimum atomic E-state index is 0.390. The number of hydrogen-bond donors (Lipinski definition) is 1. The molecule has 0 amide bonds. The van der Waals surface area contributed by atoms with Gasteiger partial charge < -0.3 is 19.5 Å². The van der Waals surface area contributed by atoms with Crippen molar-refractivity contribution in [1.29, 1.82) is 0 Å². The second-order valence-corrected chi connectivity index (χ2v) is 5.97. The molecule has 2 aromatic carbocycles. The summed E-state index contributed by atoms with van der Waals surface area (Å²) in [6.45, 7) is 4.21. The van der Waals surface area contributed by atoms with Crippen molar-refractivity contribution in [2.24, 2.45) is 0 Å². The number of ether oxygens (including phenoxy) is 3. The van der Waals surface area contributed by atoms with E-state index >= 15 is 0 Å². The predicted octanol–water partition coefficient (Wildman–Crippen LogP) is 4.86. The van der Waals surface area contributed by atoms with Crippen LogP contribution in [0.5, 0.6) is 23.1 Å². The van der Waals surface area contributed by atoms with Crippen molar-refractivity contribution >= 4 is 16.6 Å². The van der Waals surface area contributed by atoms with Crippen LogP contribution in [0.4, 0.5) is 5.69 Å². The zero-order valence-electron chi connectivity index (χ0n) is 14.9. The molecule has 5 heteroatoms. The van der Waals surface area contributed by atoms with Gasteiger partial charge in [0.2, 0.25) is 5.88 Å². The lowest BCUT2D eigenvalue weighted by molar-refractivity contribution is 0.355. The largest absolute Gasteiger partial charge is 0.493 e. The molecule has 5 nitrogen and oxygen atoms in total. The number of rotatable bonds is 6. The molecule has 0 fully saturated rings. The Bertz CT molecular complexity index is 861. The number of hydrogen-bond acceptors (Lipinski definition) is 5. The van der Waals surface area contributed by atoms with Crippen LogP contribution in [-0.4, -0.2) is 25.2 Å². The second-order valence-electron chi connectivity index (χ2n) is 5.97. The first-order valence-electron chi connectivity index (χ1n) is 8.16. The van der Waals surface area contributed by atoms with Crippen LogP contribution in [0.2, 0.25) is 0 Å². The third kappa shape index (κ3) is 3.94. The van der Waals surface area contributed by atoms with Crippen molar-refractivity contribution < 1.29 is 14.2 Å². The van der Waals surface area contributed by atoms with Crippen LogP contribution >= 0.6 is 0 Å². The summed E-state index contributed by atoms with van der Waals surface area (Å²) in [5.74, 6) is 2.59. The quantitative estimate of drug-likeness (QED) is 0.695. The first-order valence-corrected chi connectivity index (χ1v) is 8.16. The Hall–Kier alpha value is -2.95. The van der Waals surface area contributed by atoms with E-state index in [1.165, 1.54) is 0 Å². The van der Waals surface area contributed by atoms with Gasteiger partial charge in [0.15, 0.2) is 11.5 Å². The fourth-order valence-corrected chi connectivity index (χ4v) is 2.56. The van der Waals surface area contributed by atoms with Crippen molar-refractivity contribution in [3.8, 4) is 23.1 Å². The highest BCUT2D eigenvalue weighted by molar-refractivity contribution is 5.83. The summed E-state index contributed by atoms with van der Waals surface area (Å²) in [6, 6.07) is 15.8. The average molecular weight is 338 g/mol. The van der Waals surface area contributed by atoms with Crippen molar-refractivity contribution in [2.45, 2.75) is 19.9 Å². The molecule has 3 rings (SSSR count). The standard InChI is InChI=1S/C20H22N2O3/c1-13(2)21-15-6-8-16(9-7-15)25-20-10-5-14-11-18(23-3)19(24-4)12-17(14)22-20/h5-13,21H,1-4H3. The van der Waals surface area contributed by atoms with E-state index in [1.807, 2.05) is 48.5 Å². The number of pyridine rings is 1. The highest BCUT2D eigenvalue weighted by Crippen LogP contribution is 2.33. The number of fused-ring (bicyclic) bond motifs is 1. The highest BCUT2D eigenvalue weighted by Gasteiger charge is 2.08. The van der Waals surface area contributed by atoms with Crippen molar-refractivity contribution in [3.63, 3.8) is 0 Å². The summed E-state index contributed by atoms with van der Waals surface area (Å²) in [7, 11) is 3.23. The lowest BCUT2D eigenvalue weighted by atomic mass is 10.2. The van der Waals surface area contributed by atoms with Crippen LogP contribution in [0, 0.1) is 0 Å². The molecule has 3 aromatic rings. The minimum absolute atomic E-state index is 0.390. The summed E-state index contributed by atoms with van der Waals surface area (Å²) in [6.07, 6.45) is 0. The van der Waals surface area contributed by atoms with E-state index in [1.54, 1.807) is 14.2 Å². The monoisotopic (exact) mass is 338 g/mol. The van der Waals surface area contributed by atoms with E-state index in [9.17, 15) is 0 Å². The van der Waals surface area contributed by atoms with Crippen LogP contribution in [0.15, 0.2) is 48.5 Å². The first-order chi connectivity index (χ1) is 12.1. The molecule has 0 bridgehead atoms. The normalized spacial score (nSPS) is 10.8. The Balaban J connectivity index is 1.84. The topological polar surface area (TPSA) is 52.6 Å². The van der Waals surface area contributed by atoms with Gasteiger partial charge >= 0.3 is 0 Å². The molecule has 0 unspecified atom stereocenters. The molecule has 25 heavy (non-hydrogen) atoms. The number of aromatic nitrogens is 1. The molecule has 0 radical (unpaired) electrons. The molecule has 1 aromatic heterocycles. The molecular formula is C20H22N2O3. The van der Waals surface area contributed by atoms with Crippen molar-refractivity contribution in [2.75, 3.05) is 19.5 Å². The Morgan fingerprint density at radius 2 is 1.56 bits per heavy atom. The first kappa shape index (κ1) is 16.9. The third-order valence-electron chi connectivity index (χ3n) is 3.70. The number of methoxy groups -OCH3 is 2. The van der Waals surface area contributed by atoms with Gasteiger partial charge in [0.05, 0.1) is 19.7 Å². The Labute approximate surface area is 147 Å². The van der Waals surface area contributed by atoms with E-state index < -0.39 is 0 Å². The fraction of sp³-hybridized carbons (Fsp3) is 0.250. The number of benzene rings is 2. The van der Waals surface area contributed by atoms with Gasteiger partial charge in [-0.3, -0.25) is 0 Å². The molecule has 0 saturated carbocycles. The summed E-state index contributed by atoms with van der Waals surface area (Å²) < 4.78 is 16.5. The van der Waals surface area contributed by atoms with E-state index in [4.69, 9.17) is 14.2 Å². The summed E-state index contributed by atoms with van der Waals surface area (Å²) >= 11 is 0. The molecule has 1 heterocycles. The average Bonchev–Trinajstić information content (AvgIpc) is 2.61. The lowest BCUT2D eigenvalue weighted by Gasteiger charge is -2.12. The van der Waals surface area contributed by atoms with Gasteiger partial charge in [0.1, 0.15) is 5.75 Å². The summed E-state index contributed by atoms with van der Waals surface area (Å²) in [4.78, 5) is 4.55. The molecule has 0 saturated heterocycles. The predicted molar refractivity (Wildman–Crippen MR) is 100 cm³/mol. The van der Waals surface area contributed by atoms with Gasteiger partial charge in [-0.25, -0.2) is 4.98 Å². The zero-order chi connectivity index (χ0) is 17.8. The molecular weight excluding hydrogens is 316 g/mol. The van der Waals surface area contributed by atoms with Gasteiger partial charge in [0, 0.05) is 29.2 Å². The van der Waals surface area contributed by atoms with E-state index in [0.717, 1.165) is 22.3 Å². The van der Waals surface area contributed by atoms with Crippen LogP contribution in [0.25, 0.3) is 10.9 Å². The maximum Gasteiger partial charge on any atom is 0.219 e. The molecule has 0 aliphatic carbocycles. The SMILES string of the molecule is COc1cc2ccc(Oc3ccc(NC(C)C)cc3)nc2cc1OC. The highest BCUT2D eigenvalue weighted by atomic mass is 16.5. The van der Waals surface area contributed by atoms with Gasteiger partial charge in [-0.15, -0.1) is 0 Å². The lowest BCUT2D eigenvalue weighted by Crippen LogP contribution is -2.09. The Kier molecular flexibility index (Phi) is 4.93. The maximum absolute atomic E-state index is 5.87. The van der Waals surface area contributed by atoms with Crippen LogP contribution in [-0.2, 0) is 0 Å². The zero-order valence-corrected chi connectivity index (χ0v) is 14.9. The summed E-state index contributed by atoms with van der Waals surface area (Å²) in [5, 5.41) is 4.31. The van der Waals surface area contributed by atoms with Crippen molar-refractivity contribution in [1.82, 2.24) is 4.98 Å². The fourth-order valence-electron chi connectivity index (χ4n) is 2.56. The van der Waals surface area contributed by atoms with Gasteiger partial charge in [0.25, 0.3) is 0 Å². The third-order valence-corrected chi connectivity index (χ3v) is 3.70. The van der Waals surface area contributed by atoms with E-state index in [0.29, 0.717) is 23.4 Å². The second kappa shape index (κ2) is 7.30. The van der Waals surface area contributed by atoms with Crippen LogP contribution in [0.1, 0.15) is 13.8 Å². The molecule has 0 aliphatic rings. The number of nitrogens with zero attached hydrogens (tertiary/aromatic N) is 1. The molecule has 0 spiro atoms. The molecule has 1 N–H and O–H groups in total. The maximum atomic E-state index is 5.87. The Morgan fingerprint density at radius 3 is 2.20 bits per heavy atom. The Morgan fingerprint density at radius 1 is 0.880 bits per heavy atom. The van der Waals surface area contributed by atoms with Crippen molar-refractivity contribution in [3.05, 3.63) is 48.5 Å². The van der Waals surface area contributed by atoms with Gasteiger partial charge in [-0.2, -0.15) is 0 Å². The van der Waals surface area contributed by atoms with E-state index in [-0.39, 0.29) is 0 Å². The minimum Gasteiger partial charge on any atom is -0.493 e. The number of anilines is 1.